The summed E-state index contributed by atoms with van der Waals surface area (Å²) < 4.78 is 11.0. The fourth-order valence-electron chi connectivity index (χ4n) is 2.99. The van der Waals surface area contributed by atoms with Crippen molar-refractivity contribution in [2.24, 2.45) is 11.1 Å². The number of ether oxygens (including phenoxy) is 2. The van der Waals surface area contributed by atoms with Crippen molar-refractivity contribution in [3.05, 3.63) is 75.5 Å². The number of nitroso groups, excluding NO2 is 1. The van der Waals surface area contributed by atoms with Crippen LogP contribution in [-0.4, -0.2) is 26.4 Å². The van der Waals surface area contributed by atoms with Gasteiger partial charge in [-0.05, 0) is 70.6 Å². The summed E-state index contributed by atoms with van der Waals surface area (Å²) >= 11 is 0. The summed E-state index contributed by atoms with van der Waals surface area (Å²) in [5.74, 6) is 1.08. The third-order valence-electron chi connectivity index (χ3n) is 4.61. The van der Waals surface area contributed by atoms with Gasteiger partial charge in [-0.1, -0.05) is 52.8 Å². The second kappa shape index (κ2) is 13.1. The number of rotatable bonds is 10. The maximum atomic E-state index is 10.3. The van der Waals surface area contributed by atoms with Crippen LogP contribution in [0.3, 0.4) is 0 Å². The normalized spacial score (nSPS) is 17.3. The average molecular weight is 386 g/mol. The van der Waals surface area contributed by atoms with Gasteiger partial charge >= 0.3 is 0 Å². The minimum absolute atomic E-state index is 0.124. The van der Waals surface area contributed by atoms with Crippen LogP contribution in [0, 0.1) is 10.8 Å². The summed E-state index contributed by atoms with van der Waals surface area (Å²) in [6.07, 6.45) is 12.7. The van der Waals surface area contributed by atoms with E-state index in [0.29, 0.717) is 11.7 Å². The van der Waals surface area contributed by atoms with Crippen LogP contribution >= 0.6 is 0 Å². The van der Waals surface area contributed by atoms with Gasteiger partial charge in [-0.3, -0.25) is 0 Å². The summed E-state index contributed by atoms with van der Waals surface area (Å²) in [4.78, 5) is 10.3. The first-order chi connectivity index (χ1) is 13.3. The largest absolute Gasteiger partial charge is 0.492 e. The van der Waals surface area contributed by atoms with Crippen molar-refractivity contribution in [2.45, 2.75) is 47.5 Å². The standard InChI is InChI=1S/C24H35NO3/c1-18(2)7-8-19(3)15-20(4)24(17-22(6)28-14-11-25-26)16-21(5)23-9-12-27-13-10-23/h7-8,15-17,23H,6,9-14H2,1-5H3/b19-8-,20-15+,21-16+,24-17+. The number of hydrogen-bond acceptors (Lipinski definition) is 4. The van der Waals surface area contributed by atoms with Crippen molar-refractivity contribution in [3.63, 3.8) is 0 Å². The van der Waals surface area contributed by atoms with Crippen molar-refractivity contribution in [3.8, 4) is 0 Å². The van der Waals surface area contributed by atoms with Crippen LogP contribution < -0.4 is 0 Å². The molecule has 1 saturated heterocycles. The van der Waals surface area contributed by atoms with E-state index in [-0.39, 0.29) is 13.2 Å². The highest BCUT2D eigenvalue weighted by molar-refractivity contribution is 5.46. The lowest BCUT2D eigenvalue weighted by Crippen LogP contribution is -2.16. The van der Waals surface area contributed by atoms with Crippen LogP contribution in [0.15, 0.2) is 75.8 Å². The smallest absolute Gasteiger partial charge is 0.115 e. The van der Waals surface area contributed by atoms with Crippen LogP contribution in [0.1, 0.15) is 47.5 Å². The molecule has 1 heterocycles. The lowest BCUT2D eigenvalue weighted by atomic mass is 9.90. The zero-order valence-corrected chi connectivity index (χ0v) is 18.1. The molecule has 1 aliphatic heterocycles. The number of allylic oxidation sites excluding steroid dienone is 10. The maximum Gasteiger partial charge on any atom is 0.115 e. The Morgan fingerprint density at radius 2 is 1.75 bits per heavy atom. The molecule has 0 saturated carbocycles. The molecule has 154 valence electrons. The summed E-state index contributed by atoms with van der Waals surface area (Å²) in [6.45, 7) is 16.5. The van der Waals surface area contributed by atoms with Gasteiger partial charge in [-0.25, -0.2) is 0 Å². The third-order valence-corrected chi connectivity index (χ3v) is 4.61. The van der Waals surface area contributed by atoms with Gasteiger partial charge in [-0.2, -0.15) is 4.91 Å². The SMILES string of the molecule is C=C(/C=C(\C=C(/C)C1CCOCC1)C(/C)=C/C(C)=C\C=C(C)C)OCCN=O. The molecule has 0 bridgehead atoms. The van der Waals surface area contributed by atoms with Gasteiger partial charge < -0.3 is 9.47 Å². The van der Waals surface area contributed by atoms with Crippen LogP contribution in [-0.2, 0) is 9.47 Å². The molecule has 0 aromatic heterocycles. The van der Waals surface area contributed by atoms with Crippen molar-refractivity contribution in [1.29, 1.82) is 0 Å². The molecule has 1 rings (SSSR count). The van der Waals surface area contributed by atoms with E-state index in [9.17, 15) is 4.91 Å². The molecule has 1 aliphatic rings. The van der Waals surface area contributed by atoms with Crippen molar-refractivity contribution >= 4 is 0 Å². The second-order valence-corrected chi connectivity index (χ2v) is 7.52. The maximum absolute atomic E-state index is 10.3. The molecular formula is C24H35NO3. The molecular weight excluding hydrogens is 350 g/mol. The number of nitrogens with zero attached hydrogens (tertiary/aromatic N) is 1. The minimum Gasteiger partial charge on any atom is -0.492 e. The minimum atomic E-state index is 0.124. The number of hydrogen-bond donors (Lipinski definition) is 0. The predicted octanol–water partition coefficient (Wildman–Crippen LogP) is 6.44. The Labute approximate surface area is 170 Å². The molecule has 0 aromatic rings. The van der Waals surface area contributed by atoms with E-state index in [1.165, 1.54) is 16.7 Å². The Balaban J connectivity index is 3.11. The van der Waals surface area contributed by atoms with Crippen LogP contribution in [0.2, 0.25) is 0 Å². The van der Waals surface area contributed by atoms with Gasteiger partial charge in [-0.15, -0.1) is 0 Å². The van der Waals surface area contributed by atoms with E-state index in [1.54, 1.807) is 0 Å². The zero-order valence-electron chi connectivity index (χ0n) is 18.1. The second-order valence-electron chi connectivity index (χ2n) is 7.52. The lowest BCUT2D eigenvalue weighted by Gasteiger charge is -2.23. The fourth-order valence-corrected chi connectivity index (χ4v) is 2.99. The van der Waals surface area contributed by atoms with E-state index < -0.39 is 0 Å². The van der Waals surface area contributed by atoms with Crippen LogP contribution in [0.25, 0.3) is 0 Å². The molecule has 4 heteroatoms. The molecule has 0 N–H and O–H groups in total. The summed E-state index contributed by atoms with van der Waals surface area (Å²) in [5.41, 5.74) is 5.99. The lowest BCUT2D eigenvalue weighted by molar-refractivity contribution is 0.0758. The van der Waals surface area contributed by atoms with Crippen LogP contribution in [0.5, 0.6) is 0 Å². The Morgan fingerprint density at radius 1 is 1.07 bits per heavy atom. The van der Waals surface area contributed by atoms with E-state index in [1.807, 2.05) is 6.08 Å². The Kier molecular flexibility index (Phi) is 11.1. The molecule has 0 amide bonds. The first-order valence-corrected chi connectivity index (χ1v) is 9.92. The van der Waals surface area contributed by atoms with Crippen molar-refractivity contribution in [2.75, 3.05) is 26.4 Å². The molecule has 0 radical (unpaired) electrons. The molecule has 0 aliphatic carbocycles. The molecule has 4 nitrogen and oxygen atoms in total. The average Bonchev–Trinajstić information content (AvgIpc) is 2.66. The summed E-state index contributed by atoms with van der Waals surface area (Å²) in [6, 6.07) is 0. The molecule has 28 heavy (non-hydrogen) atoms. The molecule has 0 unspecified atom stereocenters. The monoisotopic (exact) mass is 385 g/mol. The van der Waals surface area contributed by atoms with E-state index in [0.717, 1.165) is 37.2 Å². The van der Waals surface area contributed by atoms with E-state index in [4.69, 9.17) is 9.47 Å². The quantitative estimate of drug-likeness (QED) is 0.188. The first kappa shape index (κ1) is 23.8. The molecule has 0 aromatic carbocycles. The van der Waals surface area contributed by atoms with E-state index in [2.05, 4.69) is 70.7 Å². The fraction of sp³-hybridized carbons (Fsp3) is 0.500. The Bertz CT molecular complexity index is 683. The van der Waals surface area contributed by atoms with E-state index >= 15 is 0 Å². The van der Waals surface area contributed by atoms with Gasteiger partial charge in [0.05, 0.1) is 0 Å². The molecule has 0 atom stereocenters. The Hall–Kier alpha value is -2.20. The van der Waals surface area contributed by atoms with Crippen molar-refractivity contribution in [1.82, 2.24) is 0 Å². The van der Waals surface area contributed by atoms with Gasteiger partial charge in [0, 0.05) is 13.2 Å². The predicted molar refractivity (Wildman–Crippen MR) is 118 cm³/mol. The highest BCUT2D eigenvalue weighted by Crippen LogP contribution is 2.26. The first-order valence-electron chi connectivity index (χ1n) is 9.92. The third kappa shape index (κ3) is 9.65. The summed E-state index contributed by atoms with van der Waals surface area (Å²) in [5, 5.41) is 2.82. The van der Waals surface area contributed by atoms with Crippen LogP contribution in [0.4, 0.5) is 0 Å². The van der Waals surface area contributed by atoms with Crippen molar-refractivity contribution < 1.29 is 9.47 Å². The highest BCUT2D eigenvalue weighted by Gasteiger charge is 2.15. The van der Waals surface area contributed by atoms with Gasteiger partial charge in [0.2, 0.25) is 0 Å². The molecule has 1 fully saturated rings. The topological polar surface area (TPSA) is 47.9 Å². The van der Waals surface area contributed by atoms with Gasteiger partial charge in [0.15, 0.2) is 0 Å². The van der Waals surface area contributed by atoms with Gasteiger partial charge in [0.1, 0.15) is 18.9 Å². The summed E-state index contributed by atoms with van der Waals surface area (Å²) in [7, 11) is 0. The Morgan fingerprint density at radius 3 is 2.36 bits per heavy atom. The zero-order chi connectivity index (χ0) is 20.9. The molecule has 0 spiro atoms. The highest BCUT2D eigenvalue weighted by atomic mass is 16.5. The van der Waals surface area contributed by atoms with Gasteiger partial charge in [0.25, 0.3) is 0 Å².